The highest BCUT2D eigenvalue weighted by atomic mass is 32.2. The maximum Gasteiger partial charge on any atom is 0.343 e. The van der Waals surface area contributed by atoms with Gasteiger partial charge >= 0.3 is 16.1 Å². The molecule has 2 aromatic carbocycles. The van der Waals surface area contributed by atoms with Crippen molar-refractivity contribution >= 4 is 16.1 Å². The van der Waals surface area contributed by atoms with Crippen LogP contribution in [0, 0.1) is 0 Å². The van der Waals surface area contributed by atoms with E-state index in [1.165, 1.54) is 12.1 Å². The van der Waals surface area contributed by atoms with Crippen molar-refractivity contribution in [2.75, 3.05) is 6.26 Å². The maximum absolute atomic E-state index is 11.9. The smallest absolute Gasteiger partial charge is 0.343 e. The molecule has 0 spiro atoms. The minimum Gasteiger partial charge on any atom is -0.419 e. The van der Waals surface area contributed by atoms with Crippen molar-refractivity contribution in [1.82, 2.24) is 0 Å². The monoisotopic (exact) mass is 292 g/mol. The number of benzene rings is 2. The van der Waals surface area contributed by atoms with E-state index < -0.39 is 16.1 Å². The van der Waals surface area contributed by atoms with Gasteiger partial charge in [0.05, 0.1) is 11.8 Å². The Balaban J connectivity index is 2.24. The number of carbonyl (C=O) groups is 1. The summed E-state index contributed by atoms with van der Waals surface area (Å²) in [7, 11) is -3.69. The molecule has 0 saturated carbocycles. The molecule has 0 aliphatic heterocycles. The average Bonchev–Trinajstić information content (AvgIpc) is 2.40. The zero-order valence-corrected chi connectivity index (χ0v) is 11.5. The predicted molar refractivity (Wildman–Crippen MR) is 73.3 cm³/mol. The summed E-state index contributed by atoms with van der Waals surface area (Å²) in [5.74, 6) is -0.568. The second-order valence-corrected chi connectivity index (χ2v) is 5.56. The Morgan fingerprint density at radius 2 is 1.45 bits per heavy atom. The fourth-order valence-electron chi connectivity index (χ4n) is 1.50. The van der Waals surface area contributed by atoms with Crippen LogP contribution in [-0.2, 0) is 10.1 Å². The third-order valence-corrected chi connectivity index (χ3v) is 2.78. The summed E-state index contributed by atoms with van der Waals surface area (Å²) in [4.78, 5) is 11.9. The summed E-state index contributed by atoms with van der Waals surface area (Å²) in [6.07, 6.45) is 0.919. The van der Waals surface area contributed by atoms with Gasteiger partial charge in [0.1, 0.15) is 0 Å². The van der Waals surface area contributed by atoms with Gasteiger partial charge in [-0.25, -0.2) is 4.79 Å². The molecule has 0 fully saturated rings. The van der Waals surface area contributed by atoms with Crippen LogP contribution in [0.2, 0.25) is 0 Å². The summed E-state index contributed by atoms with van der Waals surface area (Å²) < 4.78 is 32.2. The lowest BCUT2D eigenvalue weighted by Crippen LogP contribution is -2.11. The highest BCUT2D eigenvalue weighted by molar-refractivity contribution is 7.86. The largest absolute Gasteiger partial charge is 0.419 e. The first-order chi connectivity index (χ1) is 9.46. The molecule has 0 N–H and O–H groups in total. The van der Waals surface area contributed by atoms with Crippen LogP contribution in [0.15, 0.2) is 54.6 Å². The Hall–Kier alpha value is -2.34. The van der Waals surface area contributed by atoms with Gasteiger partial charge in [-0.2, -0.15) is 8.42 Å². The molecule has 0 radical (unpaired) electrons. The molecule has 5 nitrogen and oxygen atoms in total. The average molecular weight is 292 g/mol. The quantitative estimate of drug-likeness (QED) is 0.491. The maximum atomic E-state index is 11.9. The fraction of sp³-hybridized carbons (Fsp3) is 0.0714. The van der Waals surface area contributed by atoms with Gasteiger partial charge in [0.25, 0.3) is 0 Å². The molecule has 0 heterocycles. The zero-order chi connectivity index (χ0) is 14.6. The molecular weight excluding hydrogens is 280 g/mol. The highest BCUT2D eigenvalue weighted by Crippen LogP contribution is 2.28. The topological polar surface area (TPSA) is 69.7 Å². The Morgan fingerprint density at radius 1 is 0.900 bits per heavy atom. The van der Waals surface area contributed by atoms with Crippen molar-refractivity contribution in [2.45, 2.75) is 0 Å². The Labute approximate surface area is 116 Å². The molecular formula is C14H12O5S. The van der Waals surface area contributed by atoms with Gasteiger partial charge in [-0.05, 0) is 24.3 Å². The van der Waals surface area contributed by atoms with Gasteiger partial charge in [0, 0.05) is 0 Å². The molecule has 20 heavy (non-hydrogen) atoms. The summed E-state index contributed by atoms with van der Waals surface area (Å²) in [5, 5.41) is 0. The van der Waals surface area contributed by atoms with Gasteiger partial charge in [-0.1, -0.05) is 30.3 Å². The molecule has 2 rings (SSSR count). The van der Waals surface area contributed by atoms with Crippen LogP contribution < -0.4 is 8.92 Å². The van der Waals surface area contributed by atoms with E-state index >= 15 is 0 Å². The van der Waals surface area contributed by atoms with Crippen molar-refractivity contribution in [3.63, 3.8) is 0 Å². The first-order valence-electron chi connectivity index (χ1n) is 5.71. The Bertz CT molecular complexity index is 707. The molecule has 2 aromatic rings. The second kappa shape index (κ2) is 5.75. The third-order valence-electron chi connectivity index (χ3n) is 2.30. The van der Waals surface area contributed by atoms with E-state index in [0.29, 0.717) is 5.56 Å². The molecule has 0 aliphatic carbocycles. The molecule has 0 atom stereocenters. The van der Waals surface area contributed by atoms with Gasteiger partial charge in [0.15, 0.2) is 11.5 Å². The normalized spacial score (nSPS) is 10.8. The van der Waals surface area contributed by atoms with E-state index in [1.807, 2.05) is 0 Å². The van der Waals surface area contributed by atoms with Crippen LogP contribution >= 0.6 is 0 Å². The fourth-order valence-corrected chi connectivity index (χ4v) is 1.96. The van der Waals surface area contributed by atoms with Crippen LogP contribution in [-0.4, -0.2) is 20.6 Å². The van der Waals surface area contributed by atoms with Gasteiger partial charge in [-0.3, -0.25) is 0 Å². The third kappa shape index (κ3) is 3.83. The number of carbonyl (C=O) groups excluding carboxylic acids is 1. The van der Waals surface area contributed by atoms with Crippen LogP contribution in [0.5, 0.6) is 11.5 Å². The van der Waals surface area contributed by atoms with Crippen LogP contribution in [0.4, 0.5) is 0 Å². The van der Waals surface area contributed by atoms with Crippen molar-refractivity contribution in [3.8, 4) is 11.5 Å². The summed E-state index contributed by atoms with van der Waals surface area (Å²) in [5.41, 5.74) is 0.363. The Morgan fingerprint density at radius 3 is 2.05 bits per heavy atom. The number of hydrogen-bond donors (Lipinski definition) is 0. The van der Waals surface area contributed by atoms with Gasteiger partial charge < -0.3 is 8.92 Å². The lowest BCUT2D eigenvalue weighted by molar-refractivity contribution is 0.0731. The first kappa shape index (κ1) is 14.1. The molecule has 0 aromatic heterocycles. The number of rotatable bonds is 4. The number of hydrogen-bond acceptors (Lipinski definition) is 5. The number of ether oxygens (including phenoxy) is 1. The molecule has 0 aliphatic rings. The number of para-hydroxylation sites is 2. The van der Waals surface area contributed by atoms with E-state index in [1.54, 1.807) is 42.5 Å². The molecule has 0 bridgehead atoms. The number of esters is 1. The molecule has 0 saturated heterocycles. The van der Waals surface area contributed by atoms with Crippen LogP contribution in [0.1, 0.15) is 10.4 Å². The van der Waals surface area contributed by atoms with Crippen molar-refractivity contribution in [2.24, 2.45) is 0 Å². The highest BCUT2D eigenvalue weighted by Gasteiger charge is 2.14. The molecule has 6 heteroatoms. The summed E-state index contributed by atoms with van der Waals surface area (Å²) >= 11 is 0. The van der Waals surface area contributed by atoms with Gasteiger partial charge in [0.2, 0.25) is 0 Å². The second-order valence-electron chi connectivity index (χ2n) is 3.99. The standard InChI is InChI=1S/C14H12O5S/c1-20(16,17)19-13-10-6-5-9-12(13)18-14(15)11-7-3-2-4-8-11/h2-10H,1H3. The van der Waals surface area contributed by atoms with E-state index in [2.05, 4.69) is 0 Å². The molecule has 104 valence electrons. The van der Waals surface area contributed by atoms with E-state index in [4.69, 9.17) is 8.92 Å². The molecule has 0 unspecified atom stereocenters. The molecule has 0 amide bonds. The summed E-state index contributed by atoms with van der Waals surface area (Å²) in [6.45, 7) is 0. The van der Waals surface area contributed by atoms with E-state index in [0.717, 1.165) is 6.26 Å². The summed E-state index contributed by atoms with van der Waals surface area (Å²) in [6, 6.07) is 14.5. The first-order valence-corrected chi connectivity index (χ1v) is 7.53. The SMILES string of the molecule is CS(=O)(=O)Oc1ccccc1OC(=O)c1ccccc1. The zero-order valence-electron chi connectivity index (χ0n) is 10.6. The van der Waals surface area contributed by atoms with Gasteiger partial charge in [-0.15, -0.1) is 0 Å². The van der Waals surface area contributed by atoms with E-state index in [9.17, 15) is 13.2 Å². The Kier molecular flexibility index (Phi) is 4.05. The lowest BCUT2D eigenvalue weighted by Gasteiger charge is -2.09. The minimum absolute atomic E-state index is 0.0284. The minimum atomic E-state index is -3.69. The van der Waals surface area contributed by atoms with Crippen LogP contribution in [0.25, 0.3) is 0 Å². The van der Waals surface area contributed by atoms with E-state index in [-0.39, 0.29) is 11.5 Å². The van der Waals surface area contributed by atoms with Crippen molar-refractivity contribution in [3.05, 3.63) is 60.2 Å². The predicted octanol–water partition coefficient (Wildman–Crippen LogP) is 2.24. The van der Waals surface area contributed by atoms with Crippen LogP contribution in [0.3, 0.4) is 0 Å². The lowest BCUT2D eigenvalue weighted by atomic mass is 10.2. The van der Waals surface area contributed by atoms with Crippen molar-refractivity contribution < 1.29 is 22.1 Å². The van der Waals surface area contributed by atoms with Crippen molar-refractivity contribution in [1.29, 1.82) is 0 Å².